The van der Waals surface area contributed by atoms with Crippen molar-refractivity contribution in [2.24, 2.45) is 0 Å². The van der Waals surface area contributed by atoms with Gasteiger partial charge in [-0.05, 0) is 31.0 Å². The molecular formula is C14H23NO2. The third kappa shape index (κ3) is 6.29. The Bertz CT molecular complexity index is 313. The Labute approximate surface area is 104 Å². The average Bonchev–Trinajstić information content (AvgIpc) is 2.29. The Hall–Kier alpha value is -1.06. The van der Waals surface area contributed by atoms with Crippen molar-refractivity contribution in [1.29, 1.82) is 0 Å². The summed E-state index contributed by atoms with van der Waals surface area (Å²) in [6.45, 7) is 6.08. The second-order valence-corrected chi connectivity index (χ2v) is 4.33. The molecule has 3 nitrogen and oxygen atoms in total. The van der Waals surface area contributed by atoms with Crippen molar-refractivity contribution < 1.29 is 9.84 Å². The number of nitrogens with one attached hydrogen (secondary N) is 1. The zero-order chi connectivity index (χ0) is 12.5. The third-order valence-corrected chi connectivity index (χ3v) is 2.43. The Kier molecular flexibility index (Phi) is 6.67. The van der Waals surface area contributed by atoms with Crippen LogP contribution < -0.4 is 10.1 Å². The molecule has 1 rings (SSSR count). The molecule has 0 heterocycles. The van der Waals surface area contributed by atoms with Crippen LogP contribution >= 0.6 is 0 Å². The van der Waals surface area contributed by atoms with Gasteiger partial charge in [-0.2, -0.15) is 0 Å². The maximum absolute atomic E-state index is 9.14. The van der Waals surface area contributed by atoms with Gasteiger partial charge in [-0.25, -0.2) is 0 Å². The van der Waals surface area contributed by atoms with Gasteiger partial charge < -0.3 is 15.2 Å². The summed E-state index contributed by atoms with van der Waals surface area (Å²) in [6, 6.07) is 8.08. The van der Waals surface area contributed by atoms with Crippen LogP contribution in [-0.2, 0) is 6.54 Å². The predicted molar refractivity (Wildman–Crippen MR) is 70.2 cm³/mol. The summed E-state index contributed by atoms with van der Waals surface area (Å²) >= 11 is 0. The van der Waals surface area contributed by atoms with Gasteiger partial charge in [0.15, 0.2) is 0 Å². The van der Waals surface area contributed by atoms with E-state index in [1.54, 1.807) is 6.92 Å². The molecule has 17 heavy (non-hydrogen) atoms. The van der Waals surface area contributed by atoms with Gasteiger partial charge in [-0.1, -0.05) is 25.5 Å². The summed E-state index contributed by atoms with van der Waals surface area (Å²) in [7, 11) is 0. The first-order valence-corrected chi connectivity index (χ1v) is 6.33. The molecule has 0 saturated carbocycles. The monoisotopic (exact) mass is 237 g/mol. The third-order valence-electron chi connectivity index (χ3n) is 2.43. The Morgan fingerprint density at radius 3 is 2.94 bits per heavy atom. The van der Waals surface area contributed by atoms with Crippen LogP contribution in [-0.4, -0.2) is 24.4 Å². The number of hydrogen-bond donors (Lipinski definition) is 2. The summed E-state index contributed by atoms with van der Waals surface area (Å²) in [5.74, 6) is 0.926. The predicted octanol–water partition coefficient (Wildman–Crippen LogP) is 2.34. The molecular weight excluding hydrogens is 214 g/mol. The maximum atomic E-state index is 9.14. The highest BCUT2D eigenvalue weighted by molar-refractivity contribution is 5.28. The number of unbranched alkanes of at least 4 members (excludes halogenated alkanes) is 1. The van der Waals surface area contributed by atoms with E-state index in [-0.39, 0.29) is 6.10 Å². The first kappa shape index (κ1) is 14.0. The Morgan fingerprint density at radius 2 is 2.24 bits per heavy atom. The molecule has 0 amide bonds. The van der Waals surface area contributed by atoms with E-state index in [2.05, 4.69) is 18.3 Å². The van der Waals surface area contributed by atoms with Gasteiger partial charge in [0.05, 0.1) is 12.7 Å². The lowest BCUT2D eigenvalue weighted by Gasteiger charge is -2.09. The molecule has 0 aromatic heterocycles. The van der Waals surface area contributed by atoms with Gasteiger partial charge in [0.1, 0.15) is 5.75 Å². The molecule has 96 valence electrons. The molecule has 0 aliphatic carbocycles. The minimum absolute atomic E-state index is 0.306. The van der Waals surface area contributed by atoms with Gasteiger partial charge in [0, 0.05) is 13.1 Å². The number of hydrogen-bond acceptors (Lipinski definition) is 3. The fourth-order valence-corrected chi connectivity index (χ4v) is 1.50. The number of ether oxygens (including phenoxy) is 1. The molecule has 0 fully saturated rings. The van der Waals surface area contributed by atoms with E-state index in [0.29, 0.717) is 6.54 Å². The van der Waals surface area contributed by atoms with Crippen LogP contribution in [0.2, 0.25) is 0 Å². The number of rotatable bonds is 8. The van der Waals surface area contributed by atoms with Crippen molar-refractivity contribution in [1.82, 2.24) is 5.32 Å². The maximum Gasteiger partial charge on any atom is 0.119 e. The molecule has 1 unspecified atom stereocenters. The summed E-state index contributed by atoms with van der Waals surface area (Å²) in [5, 5.41) is 12.3. The summed E-state index contributed by atoms with van der Waals surface area (Å²) in [6.07, 6.45) is 1.93. The Balaban J connectivity index is 2.37. The lowest BCUT2D eigenvalue weighted by atomic mass is 10.2. The average molecular weight is 237 g/mol. The topological polar surface area (TPSA) is 41.5 Å². The van der Waals surface area contributed by atoms with Crippen LogP contribution in [0, 0.1) is 0 Å². The molecule has 0 bridgehead atoms. The lowest BCUT2D eigenvalue weighted by Crippen LogP contribution is -2.23. The Morgan fingerprint density at radius 1 is 1.41 bits per heavy atom. The SMILES string of the molecule is CCCCOc1cccc(CNCC(C)O)c1. The lowest BCUT2D eigenvalue weighted by molar-refractivity contribution is 0.191. The number of aliphatic hydroxyl groups is 1. The highest BCUT2D eigenvalue weighted by atomic mass is 16.5. The molecule has 1 atom stereocenters. The minimum atomic E-state index is -0.306. The van der Waals surface area contributed by atoms with Crippen LogP contribution in [0.1, 0.15) is 32.3 Å². The summed E-state index contributed by atoms with van der Waals surface area (Å²) in [4.78, 5) is 0. The van der Waals surface area contributed by atoms with Gasteiger partial charge >= 0.3 is 0 Å². The van der Waals surface area contributed by atoms with Crippen LogP contribution in [0.25, 0.3) is 0 Å². The molecule has 1 aromatic carbocycles. The van der Waals surface area contributed by atoms with E-state index in [1.807, 2.05) is 18.2 Å². The number of aliphatic hydroxyl groups excluding tert-OH is 1. The van der Waals surface area contributed by atoms with Gasteiger partial charge in [0.2, 0.25) is 0 Å². The molecule has 0 radical (unpaired) electrons. The quantitative estimate of drug-likeness (QED) is 0.682. The normalized spacial score (nSPS) is 12.4. The summed E-state index contributed by atoms with van der Waals surface area (Å²) in [5.41, 5.74) is 1.18. The van der Waals surface area contributed by atoms with Crippen LogP contribution in [0.4, 0.5) is 0 Å². The molecule has 0 spiro atoms. The first-order valence-electron chi connectivity index (χ1n) is 6.33. The molecule has 0 aliphatic rings. The largest absolute Gasteiger partial charge is 0.494 e. The van der Waals surface area contributed by atoms with Crippen molar-refractivity contribution in [3.8, 4) is 5.75 Å². The fraction of sp³-hybridized carbons (Fsp3) is 0.571. The fourth-order valence-electron chi connectivity index (χ4n) is 1.50. The van der Waals surface area contributed by atoms with Crippen LogP contribution in [0.5, 0.6) is 5.75 Å². The van der Waals surface area contributed by atoms with Crippen molar-refractivity contribution in [3.63, 3.8) is 0 Å². The second-order valence-electron chi connectivity index (χ2n) is 4.33. The van der Waals surface area contributed by atoms with Gasteiger partial charge in [-0.15, -0.1) is 0 Å². The number of benzene rings is 1. The smallest absolute Gasteiger partial charge is 0.119 e. The van der Waals surface area contributed by atoms with Crippen LogP contribution in [0.3, 0.4) is 0 Å². The van der Waals surface area contributed by atoms with E-state index >= 15 is 0 Å². The van der Waals surface area contributed by atoms with Crippen LogP contribution in [0.15, 0.2) is 24.3 Å². The van der Waals surface area contributed by atoms with E-state index in [1.165, 1.54) is 5.56 Å². The van der Waals surface area contributed by atoms with E-state index in [4.69, 9.17) is 9.84 Å². The van der Waals surface area contributed by atoms with E-state index < -0.39 is 0 Å². The first-order chi connectivity index (χ1) is 8.22. The molecule has 0 saturated heterocycles. The zero-order valence-corrected chi connectivity index (χ0v) is 10.8. The van der Waals surface area contributed by atoms with Crippen molar-refractivity contribution >= 4 is 0 Å². The molecule has 0 aliphatic heterocycles. The van der Waals surface area contributed by atoms with E-state index in [0.717, 1.165) is 31.7 Å². The standard InChI is InChI=1S/C14H23NO2/c1-3-4-8-17-14-7-5-6-13(9-14)11-15-10-12(2)16/h5-7,9,12,15-16H,3-4,8,10-11H2,1-2H3. The van der Waals surface area contributed by atoms with Crippen molar-refractivity contribution in [2.45, 2.75) is 39.3 Å². The zero-order valence-electron chi connectivity index (χ0n) is 10.8. The summed E-state index contributed by atoms with van der Waals surface area (Å²) < 4.78 is 5.64. The molecule has 2 N–H and O–H groups in total. The van der Waals surface area contributed by atoms with Gasteiger partial charge in [0.25, 0.3) is 0 Å². The van der Waals surface area contributed by atoms with Gasteiger partial charge in [-0.3, -0.25) is 0 Å². The second kappa shape index (κ2) is 8.09. The van der Waals surface area contributed by atoms with E-state index in [9.17, 15) is 0 Å². The molecule has 3 heteroatoms. The molecule has 1 aromatic rings. The highest BCUT2D eigenvalue weighted by Crippen LogP contribution is 2.13. The minimum Gasteiger partial charge on any atom is -0.494 e. The van der Waals surface area contributed by atoms with Crippen molar-refractivity contribution in [3.05, 3.63) is 29.8 Å². The van der Waals surface area contributed by atoms with Crippen molar-refractivity contribution in [2.75, 3.05) is 13.2 Å². The highest BCUT2D eigenvalue weighted by Gasteiger charge is 1.98.